The van der Waals surface area contributed by atoms with Gasteiger partial charge >= 0.3 is 0 Å². The average molecular weight is 271 g/mol. The molecule has 2 rings (SSSR count). The molecule has 0 fully saturated rings. The van der Waals surface area contributed by atoms with Crippen molar-refractivity contribution in [3.8, 4) is 11.5 Å². The summed E-state index contributed by atoms with van der Waals surface area (Å²) >= 11 is 0. The maximum Gasteiger partial charge on any atom is 0.129 e. The van der Waals surface area contributed by atoms with Crippen LogP contribution in [0.4, 0.5) is 0 Å². The summed E-state index contributed by atoms with van der Waals surface area (Å²) in [4.78, 5) is 0. The lowest BCUT2D eigenvalue weighted by Crippen LogP contribution is -2.03. The monoisotopic (exact) mass is 271 g/mol. The molecule has 4 nitrogen and oxygen atoms in total. The Labute approximate surface area is 117 Å². The van der Waals surface area contributed by atoms with E-state index in [2.05, 4.69) is 5.16 Å². The molecule has 0 atom stereocenters. The average Bonchev–Trinajstić information content (AvgIpc) is 2.44. The highest BCUT2D eigenvalue weighted by Gasteiger charge is 2.08. The number of nitrogens with zero attached hydrogens (tertiary/aromatic N) is 1. The molecule has 2 N–H and O–H groups in total. The Morgan fingerprint density at radius 1 is 1.20 bits per heavy atom. The standard InChI is InChI=1S/C16H17NO3/c1-11-6-7-15(12(2)17-19)16(8-11)20-10-13-4-3-5-14(18)9-13/h3-9,18-19H,10H2,1-2H3/b17-12-. The molecule has 0 bridgehead atoms. The van der Waals surface area contributed by atoms with Gasteiger partial charge in [-0.25, -0.2) is 0 Å². The maximum atomic E-state index is 9.43. The highest BCUT2D eigenvalue weighted by atomic mass is 16.5. The van der Waals surface area contributed by atoms with Gasteiger partial charge in [0, 0.05) is 5.56 Å². The summed E-state index contributed by atoms with van der Waals surface area (Å²) in [5, 5.41) is 21.5. The zero-order valence-corrected chi connectivity index (χ0v) is 11.5. The topological polar surface area (TPSA) is 62.1 Å². The summed E-state index contributed by atoms with van der Waals surface area (Å²) in [6.45, 7) is 4.02. The zero-order valence-electron chi connectivity index (χ0n) is 11.5. The third kappa shape index (κ3) is 3.29. The summed E-state index contributed by atoms with van der Waals surface area (Å²) < 4.78 is 5.78. The van der Waals surface area contributed by atoms with Crippen LogP contribution in [0.5, 0.6) is 11.5 Å². The quantitative estimate of drug-likeness (QED) is 0.508. The molecule has 0 spiro atoms. The fourth-order valence-electron chi connectivity index (χ4n) is 1.91. The van der Waals surface area contributed by atoms with E-state index < -0.39 is 0 Å². The van der Waals surface area contributed by atoms with Crippen molar-refractivity contribution in [1.29, 1.82) is 0 Å². The lowest BCUT2D eigenvalue weighted by molar-refractivity contribution is 0.302. The van der Waals surface area contributed by atoms with Gasteiger partial charge in [0.1, 0.15) is 18.1 Å². The third-order valence-corrected chi connectivity index (χ3v) is 2.98. The van der Waals surface area contributed by atoms with Gasteiger partial charge in [-0.3, -0.25) is 0 Å². The van der Waals surface area contributed by atoms with E-state index in [9.17, 15) is 5.11 Å². The normalized spacial score (nSPS) is 11.4. The number of aromatic hydroxyl groups is 1. The van der Waals surface area contributed by atoms with E-state index in [0.29, 0.717) is 18.1 Å². The maximum absolute atomic E-state index is 9.43. The van der Waals surface area contributed by atoms with Crippen molar-refractivity contribution in [2.24, 2.45) is 5.16 Å². The molecular formula is C16H17NO3. The van der Waals surface area contributed by atoms with Gasteiger partial charge in [-0.05, 0) is 49.2 Å². The lowest BCUT2D eigenvalue weighted by Gasteiger charge is -2.12. The van der Waals surface area contributed by atoms with Crippen molar-refractivity contribution in [3.05, 3.63) is 59.2 Å². The van der Waals surface area contributed by atoms with Crippen molar-refractivity contribution in [1.82, 2.24) is 0 Å². The van der Waals surface area contributed by atoms with E-state index in [-0.39, 0.29) is 5.75 Å². The number of rotatable bonds is 4. The minimum absolute atomic E-state index is 0.212. The Morgan fingerprint density at radius 2 is 2.00 bits per heavy atom. The fourth-order valence-corrected chi connectivity index (χ4v) is 1.91. The first kappa shape index (κ1) is 13.9. The number of hydrogen-bond acceptors (Lipinski definition) is 4. The molecule has 0 saturated carbocycles. The number of oxime groups is 1. The van der Waals surface area contributed by atoms with Crippen LogP contribution < -0.4 is 4.74 Å². The third-order valence-electron chi connectivity index (χ3n) is 2.98. The highest BCUT2D eigenvalue weighted by molar-refractivity contribution is 6.00. The van der Waals surface area contributed by atoms with Gasteiger partial charge in [0.2, 0.25) is 0 Å². The van der Waals surface area contributed by atoms with E-state index >= 15 is 0 Å². The van der Waals surface area contributed by atoms with Crippen LogP contribution in [0.1, 0.15) is 23.6 Å². The molecule has 20 heavy (non-hydrogen) atoms. The van der Waals surface area contributed by atoms with Gasteiger partial charge in [0.25, 0.3) is 0 Å². The van der Waals surface area contributed by atoms with Crippen LogP contribution in [0.2, 0.25) is 0 Å². The van der Waals surface area contributed by atoms with Crippen LogP contribution in [0.25, 0.3) is 0 Å². The summed E-state index contributed by atoms with van der Waals surface area (Å²) in [5.74, 6) is 0.868. The fraction of sp³-hybridized carbons (Fsp3) is 0.188. The van der Waals surface area contributed by atoms with Crippen molar-refractivity contribution < 1.29 is 15.1 Å². The minimum Gasteiger partial charge on any atom is -0.508 e. The van der Waals surface area contributed by atoms with Gasteiger partial charge in [-0.2, -0.15) is 0 Å². The van der Waals surface area contributed by atoms with Gasteiger partial charge in [0.15, 0.2) is 0 Å². The van der Waals surface area contributed by atoms with Crippen molar-refractivity contribution in [3.63, 3.8) is 0 Å². The first-order valence-electron chi connectivity index (χ1n) is 6.30. The largest absolute Gasteiger partial charge is 0.508 e. The first-order chi connectivity index (χ1) is 9.60. The Morgan fingerprint density at radius 3 is 2.70 bits per heavy atom. The molecule has 0 amide bonds. The molecule has 4 heteroatoms. The van der Waals surface area contributed by atoms with Gasteiger partial charge < -0.3 is 15.1 Å². The summed E-state index contributed by atoms with van der Waals surface area (Å²) in [7, 11) is 0. The molecule has 0 aliphatic rings. The molecule has 2 aromatic rings. The van der Waals surface area contributed by atoms with Gasteiger partial charge in [0.05, 0.1) is 5.71 Å². The van der Waals surface area contributed by atoms with Crippen LogP contribution in [0, 0.1) is 6.92 Å². The summed E-state index contributed by atoms with van der Waals surface area (Å²) in [6.07, 6.45) is 0. The van der Waals surface area contributed by atoms with E-state index in [4.69, 9.17) is 9.94 Å². The van der Waals surface area contributed by atoms with E-state index in [1.54, 1.807) is 25.1 Å². The molecule has 2 aromatic carbocycles. The number of aryl methyl sites for hydroxylation is 1. The summed E-state index contributed by atoms with van der Waals surface area (Å²) in [6, 6.07) is 12.6. The molecule has 0 aliphatic carbocycles. The van der Waals surface area contributed by atoms with Crippen molar-refractivity contribution >= 4 is 5.71 Å². The predicted molar refractivity (Wildman–Crippen MR) is 77.6 cm³/mol. The van der Waals surface area contributed by atoms with Gasteiger partial charge in [-0.15, -0.1) is 0 Å². The Balaban J connectivity index is 2.22. The molecule has 0 aromatic heterocycles. The second-order valence-corrected chi connectivity index (χ2v) is 4.64. The second kappa shape index (κ2) is 6.10. The molecule has 0 saturated heterocycles. The van der Waals surface area contributed by atoms with Crippen LogP contribution in [0.15, 0.2) is 47.6 Å². The number of phenols is 1. The minimum atomic E-state index is 0.212. The van der Waals surface area contributed by atoms with Crippen molar-refractivity contribution in [2.75, 3.05) is 0 Å². The molecular weight excluding hydrogens is 254 g/mol. The first-order valence-corrected chi connectivity index (χ1v) is 6.30. The van der Waals surface area contributed by atoms with Crippen LogP contribution in [-0.4, -0.2) is 16.0 Å². The predicted octanol–water partition coefficient (Wildman–Crippen LogP) is 3.48. The molecule has 104 valence electrons. The van der Waals surface area contributed by atoms with Gasteiger partial charge in [-0.1, -0.05) is 23.4 Å². The van der Waals surface area contributed by atoms with Crippen LogP contribution in [0.3, 0.4) is 0 Å². The second-order valence-electron chi connectivity index (χ2n) is 4.64. The number of ether oxygens (including phenoxy) is 1. The van der Waals surface area contributed by atoms with E-state index in [0.717, 1.165) is 16.7 Å². The number of benzene rings is 2. The van der Waals surface area contributed by atoms with E-state index in [1.807, 2.05) is 31.2 Å². The summed E-state index contributed by atoms with van der Waals surface area (Å²) in [5.41, 5.74) is 3.18. The Kier molecular flexibility index (Phi) is 4.25. The number of phenolic OH excluding ortho intramolecular Hbond substituents is 1. The SMILES string of the molecule is C/C(=N/O)c1ccc(C)cc1OCc1cccc(O)c1. The number of hydrogen-bond donors (Lipinski definition) is 2. The smallest absolute Gasteiger partial charge is 0.129 e. The Bertz CT molecular complexity index is 635. The molecule has 0 radical (unpaired) electrons. The molecule has 0 aliphatic heterocycles. The van der Waals surface area contributed by atoms with Crippen molar-refractivity contribution in [2.45, 2.75) is 20.5 Å². The highest BCUT2D eigenvalue weighted by Crippen LogP contribution is 2.23. The Hall–Kier alpha value is -2.49. The molecule has 0 heterocycles. The molecule has 0 unspecified atom stereocenters. The van der Waals surface area contributed by atoms with Crippen LogP contribution in [-0.2, 0) is 6.61 Å². The lowest BCUT2D eigenvalue weighted by atomic mass is 10.1. The van der Waals surface area contributed by atoms with E-state index in [1.165, 1.54) is 0 Å². The zero-order chi connectivity index (χ0) is 14.5. The van der Waals surface area contributed by atoms with Crippen LogP contribution >= 0.6 is 0 Å².